The highest BCUT2D eigenvalue weighted by Crippen LogP contribution is 2.41. The maximum atomic E-state index is 13.9. The number of nitrogens with zero attached hydrogens (tertiary/aromatic N) is 7. The summed E-state index contributed by atoms with van der Waals surface area (Å²) >= 11 is 7.61. The van der Waals surface area contributed by atoms with Gasteiger partial charge in [-0.05, 0) is 37.6 Å². The van der Waals surface area contributed by atoms with Gasteiger partial charge >= 0.3 is 5.97 Å². The Hall–Kier alpha value is -4.71. The summed E-state index contributed by atoms with van der Waals surface area (Å²) in [7, 11) is 0. The van der Waals surface area contributed by atoms with Gasteiger partial charge in [-0.1, -0.05) is 11.6 Å². The number of pyridine rings is 2. The molecule has 5 aromatic rings. The number of carboxylic acids is 1. The number of aryl methyl sites for hydroxylation is 1. The van der Waals surface area contributed by atoms with E-state index in [0.717, 1.165) is 0 Å². The molecule has 2 aliphatic rings. The van der Waals surface area contributed by atoms with Gasteiger partial charge in [0.15, 0.2) is 0 Å². The molecule has 4 aromatic heterocycles. The number of carbonyl (C=O) groups is 1. The first kappa shape index (κ1) is 30.9. The van der Waals surface area contributed by atoms with E-state index in [9.17, 15) is 28.7 Å². The minimum absolute atomic E-state index is 0.0354. The van der Waals surface area contributed by atoms with Crippen molar-refractivity contribution in [2.75, 3.05) is 31.1 Å². The first-order chi connectivity index (χ1) is 22.7. The van der Waals surface area contributed by atoms with E-state index in [4.69, 9.17) is 16.3 Å². The van der Waals surface area contributed by atoms with Crippen LogP contribution in [0.25, 0.3) is 32.2 Å². The van der Waals surface area contributed by atoms with Crippen molar-refractivity contribution >= 4 is 55.8 Å². The predicted molar refractivity (Wildman–Crippen MR) is 173 cm³/mol. The lowest BCUT2D eigenvalue weighted by molar-refractivity contribution is 0.0699. The van der Waals surface area contributed by atoms with Crippen molar-refractivity contribution in [1.82, 2.24) is 24.4 Å². The van der Waals surface area contributed by atoms with Gasteiger partial charge in [-0.15, -0.1) is 11.3 Å². The lowest BCUT2D eigenvalue weighted by Crippen LogP contribution is -2.48. The third-order valence-corrected chi connectivity index (χ3v) is 9.88. The molecule has 1 saturated heterocycles. The zero-order chi connectivity index (χ0) is 33.0. The van der Waals surface area contributed by atoms with Crippen LogP contribution in [-0.2, 0) is 6.54 Å². The second kappa shape index (κ2) is 12.1. The molecule has 1 aliphatic heterocycles. The van der Waals surface area contributed by atoms with Gasteiger partial charge < -0.3 is 14.7 Å². The van der Waals surface area contributed by atoms with Gasteiger partial charge in [0.2, 0.25) is 0 Å². The summed E-state index contributed by atoms with van der Waals surface area (Å²) < 4.78 is 34.4. The Morgan fingerprint density at radius 3 is 2.83 bits per heavy atom. The van der Waals surface area contributed by atoms with E-state index in [1.807, 2.05) is 4.90 Å². The highest BCUT2D eigenvalue weighted by atomic mass is 35.5. The highest BCUT2D eigenvalue weighted by Gasteiger charge is 2.50. The number of rotatable bonds is 9. The SMILES string of the molecule is Cc1nc2cnc(N3CCN(CC(F)F)C4CC43)c(C#N)c2c(=O)n1CCOc1ccc(Cl)cc1-c1ccnc2c(C(=O)O)csc12. The third-order valence-electron chi connectivity index (χ3n) is 8.64. The topological polar surface area (TPSA) is 137 Å². The van der Waals surface area contributed by atoms with Gasteiger partial charge in [0, 0.05) is 52.9 Å². The Balaban J connectivity index is 1.17. The van der Waals surface area contributed by atoms with Gasteiger partial charge in [0.1, 0.15) is 35.6 Å². The molecule has 0 bridgehead atoms. The average Bonchev–Trinajstić information content (AvgIpc) is 3.73. The number of alkyl halides is 2. The number of anilines is 1. The van der Waals surface area contributed by atoms with Crippen LogP contribution in [0.2, 0.25) is 5.02 Å². The number of hydrogen-bond acceptors (Lipinski definition) is 10. The van der Waals surface area contributed by atoms with E-state index in [0.29, 0.717) is 68.8 Å². The Morgan fingerprint density at radius 1 is 1.23 bits per heavy atom. The average molecular weight is 678 g/mol. The summed E-state index contributed by atoms with van der Waals surface area (Å²) in [4.78, 5) is 42.7. The number of halogens is 3. The van der Waals surface area contributed by atoms with Crippen LogP contribution in [0.1, 0.15) is 28.2 Å². The Kier molecular flexibility index (Phi) is 7.99. The molecule has 1 aliphatic carbocycles. The van der Waals surface area contributed by atoms with E-state index in [2.05, 4.69) is 21.0 Å². The minimum atomic E-state index is -2.42. The molecule has 5 heterocycles. The standard InChI is InChI=1S/C32H26ClF2N7O4S/c1-16-39-22-13-38-30(42-7-6-40(14-26(34)35)23-11-24(23)42)20(12-36)27(22)31(43)41(16)8-9-46-25-3-2-17(33)10-19(25)18-4-5-37-28-21(32(44)45)15-47-29(18)28/h2-5,10,13,15,23-24,26H,6-9,11,14H2,1H3,(H,44,45). The van der Waals surface area contributed by atoms with E-state index >= 15 is 0 Å². The van der Waals surface area contributed by atoms with E-state index < -0.39 is 18.0 Å². The molecule has 1 saturated carbocycles. The molecule has 47 heavy (non-hydrogen) atoms. The summed E-state index contributed by atoms with van der Waals surface area (Å²) in [5.74, 6) is 0.184. The molecule has 2 fully saturated rings. The van der Waals surface area contributed by atoms with Crippen LogP contribution in [0.4, 0.5) is 14.6 Å². The van der Waals surface area contributed by atoms with Crippen LogP contribution in [0.15, 0.2) is 46.8 Å². The number of ether oxygens (including phenoxy) is 1. The molecule has 7 rings (SSSR count). The molecule has 0 spiro atoms. The second-order valence-electron chi connectivity index (χ2n) is 11.4. The van der Waals surface area contributed by atoms with Crippen molar-refractivity contribution in [3.63, 3.8) is 0 Å². The third kappa shape index (κ3) is 5.54. The fraction of sp³-hybridized carbons (Fsp3) is 0.312. The molecule has 2 atom stereocenters. The number of carboxylic acid groups (broad SMARTS) is 1. The van der Waals surface area contributed by atoms with Crippen LogP contribution in [0, 0.1) is 18.3 Å². The lowest BCUT2D eigenvalue weighted by atomic mass is 10.0. The smallest absolute Gasteiger partial charge is 0.338 e. The number of aromatic carboxylic acids is 1. The van der Waals surface area contributed by atoms with Gasteiger partial charge in [-0.3, -0.25) is 19.2 Å². The summed E-state index contributed by atoms with van der Waals surface area (Å²) in [6.45, 7) is 2.41. The largest absolute Gasteiger partial charge is 0.491 e. The molecule has 240 valence electrons. The van der Waals surface area contributed by atoms with Gasteiger partial charge in [0.05, 0.1) is 46.0 Å². The molecular weight excluding hydrogens is 652 g/mol. The number of fused-ring (bicyclic) bond motifs is 3. The van der Waals surface area contributed by atoms with Crippen molar-refractivity contribution in [1.29, 1.82) is 5.26 Å². The van der Waals surface area contributed by atoms with Crippen molar-refractivity contribution in [3.8, 4) is 22.9 Å². The molecule has 0 radical (unpaired) electrons. The van der Waals surface area contributed by atoms with Gasteiger partial charge in [0.25, 0.3) is 12.0 Å². The molecule has 1 aromatic carbocycles. The summed E-state index contributed by atoms with van der Waals surface area (Å²) in [5.41, 5.74) is 1.82. The zero-order valence-corrected chi connectivity index (χ0v) is 26.4. The number of hydrogen-bond donors (Lipinski definition) is 1. The van der Waals surface area contributed by atoms with Crippen molar-refractivity contribution in [3.05, 3.63) is 74.4 Å². The van der Waals surface area contributed by atoms with Crippen molar-refractivity contribution in [2.45, 2.75) is 38.4 Å². The minimum Gasteiger partial charge on any atom is -0.491 e. The number of thiophene rings is 1. The number of aromatic nitrogens is 4. The number of nitriles is 1. The Bertz CT molecular complexity index is 2170. The monoisotopic (exact) mass is 677 g/mol. The van der Waals surface area contributed by atoms with Crippen LogP contribution < -0.4 is 15.2 Å². The fourth-order valence-corrected chi connectivity index (χ4v) is 7.61. The fourth-order valence-electron chi connectivity index (χ4n) is 6.41. The van der Waals surface area contributed by atoms with Crippen LogP contribution in [0.5, 0.6) is 5.75 Å². The molecule has 15 heteroatoms. The van der Waals surface area contributed by atoms with Crippen LogP contribution >= 0.6 is 22.9 Å². The lowest BCUT2D eigenvalue weighted by Gasteiger charge is -2.35. The molecule has 2 unspecified atom stereocenters. The highest BCUT2D eigenvalue weighted by molar-refractivity contribution is 7.18. The maximum Gasteiger partial charge on any atom is 0.338 e. The van der Waals surface area contributed by atoms with Crippen molar-refractivity contribution in [2.24, 2.45) is 0 Å². The van der Waals surface area contributed by atoms with Crippen LogP contribution in [-0.4, -0.2) is 80.2 Å². The van der Waals surface area contributed by atoms with E-state index in [1.54, 1.807) is 41.5 Å². The Labute approximate surface area is 275 Å². The zero-order valence-electron chi connectivity index (χ0n) is 24.9. The first-order valence-corrected chi connectivity index (χ1v) is 16.0. The van der Waals surface area contributed by atoms with Gasteiger partial charge in [-0.25, -0.2) is 23.5 Å². The Morgan fingerprint density at radius 2 is 2.06 bits per heavy atom. The molecular formula is C32H26ClF2N7O4S. The summed E-state index contributed by atoms with van der Waals surface area (Å²) in [6.07, 6.45) is 1.29. The quantitative estimate of drug-likeness (QED) is 0.221. The molecule has 11 nitrogen and oxygen atoms in total. The van der Waals surface area contributed by atoms with Crippen molar-refractivity contribution < 1.29 is 23.4 Å². The molecule has 0 amide bonds. The van der Waals surface area contributed by atoms with Gasteiger partial charge in [-0.2, -0.15) is 5.26 Å². The van der Waals surface area contributed by atoms with E-state index in [-0.39, 0.29) is 48.3 Å². The number of benzene rings is 1. The second-order valence-corrected chi connectivity index (χ2v) is 12.7. The summed E-state index contributed by atoms with van der Waals surface area (Å²) in [6, 6.07) is 8.97. The number of piperazine rings is 1. The summed E-state index contributed by atoms with van der Waals surface area (Å²) in [5, 5.41) is 21.9. The maximum absolute atomic E-state index is 13.9. The van der Waals surface area contributed by atoms with E-state index in [1.165, 1.54) is 28.3 Å². The predicted octanol–water partition coefficient (Wildman–Crippen LogP) is 5.21. The normalized spacial score (nSPS) is 17.7. The first-order valence-electron chi connectivity index (χ1n) is 14.8. The molecule has 1 N–H and O–H groups in total. The van der Waals surface area contributed by atoms with Crippen LogP contribution in [0.3, 0.4) is 0 Å².